The predicted octanol–water partition coefficient (Wildman–Crippen LogP) is 3.75. The average molecular weight is 351 g/mol. The van der Waals surface area contributed by atoms with Crippen LogP contribution < -0.4 is 4.90 Å². The van der Waals surface area contributed by atoms with Crippen LogP contribution in [0.2, 0.25) is 0 Å². The summed E-state index contributed by atoms with van der Waals surface area (Å²) < 4.78 is 27.8. The monoisotopic (exact) mass is 351 g/mol. The number of amides is 1. The number of nitrogens with zero attached hydrogens (tertiary/aromatic N) is 1. The Labute approximate surface area is 149 Å². The Kier molecular flexibility index (Phi) is 3.81. The van der Waals surface area contributed by atoms with Crippen LogP contribution in [-0.2, 0) is 16.9 Å². The van der Waals surface area contributed by atoms with E-state index in [1.807, 2.05) is 0 Å². The largest absolute Gasteiger partial charge is 0.372 e. The first kappa shape index (κ1) is 16.4. The highest BCUT2D eigenvalue weighted by Gasteiger charge is 2.51. The van der Waals surface area contributed by atoms with Gasteiger partial charge in [-0.3, -0.25) is 4.79 Å². The summed E-state index contributed by atoms with van der Waals surface area (Å²) in [6.07, 6.45) is 0. The van der Waals surface area contributed by atoms with Gasteiger partial charge in [-0.1, -0.05) is 48.5 Å². The second kappa shape index (κ2) is 6.04. The van der Waals surface area contributed by atoms with Crippen molar-refractivity contribution in [2.75, 3.05) is 4.90 Å². The highest BCUT2D eigenvalue weighted by atomic mass is 19.1. The third-order valence-corrected chi connectivity index (χ3v) is 4.67. The highest BCUT2D eigenvalue weighted by Crippen LogP contribution is 2.45. The maximum absolute atomic E-state index is 14.1. The number of benzene rings is 3. The van der Waals surface area contributed by atoms with E-state index >= 15 is 0 Å². The van der Waals surface area contributed by atoms with E-state index in [1.54, 1.807) is 42.5 Å². The Balaban J connectivity index is 1.84. The van der Waals surface area contributed by atoms with Gasteiger partial charge in [0.1, 0.15) is 11.6 Å². The minimum Gasteiger partial charge on any atom is -0.372 e. The van der Waals surface area contributed by atoms with Crippen molar-refractivity contribution in [3.63, 3.8) is 0 Å². The summed E-state index contributed by atoms with van der Waals surface area (Å²) in [5, 5.41) is 11.3. The minimum absolute atomic E-state index is 0.0276. The third-order valence-electron chi connectivity index (χ3n) is 4.67. The fraction of sp³-hybridized carbons (Fsp3) is 0.0952. The van der Waals surface area contributed by atoms with Crippen LogP contribution in [0.5, 0.6) is 0 Å². The summed E-state index contributed by atoms with van der Waals surface area (Å²) in [5.74, 6) is -1.61. The zero-order valence-corrected chi connectivity index (χ0v) is 13.7. The summed E-state index contributed by atoms with van der Waals surface area (Å²) in [7, 11) is 0. The number of carbonyl (C=O) groups excluding carboxylic acids is 1. The van der Waals surface area contributed by atoms with E-state index in [9.17, 15) is 18.7 Å². The molecule has 4 rings (SSSR count). The predicted molar refractivity (Wildman–Crippen MR) is 93.4 cm³/mol. The lowest BCUT2D eigenvalue weighted by atomic mass is 9.87. The van der Waals surface area contributed by atoms with Crippen molar-refractivity contribution in [3.05, 3.63) is 101 Å². The molecule has 3 aromatic carbocycles. The Morgan fingerprint density at radius 1 is 0.923 bits per heavy atom. The van der Waals surface area contributed by atoms with E-state index in [2.05, 4.69) is 0 Å². The molecule has 1 atom stereocenters. The summed E-state index contributed by atoms with van der Waals surface area (Å²) in [6.45, 7) is -0.0276. The molecular formula is C21H15F2NO2. The van der Waals surface area contributed by atoms with Gasteiger partial charge in [-0.25, -0.2) is 8.78 Å². The van der Waals surface area contributed by atoms with Gasteiger partial charge in [-0.05, 0) is 24.3 Å². The third kappa shape index (κ3) is 2.40. The van der Waals surface area contributed by atoms with Crippen LogP contribution in [0.3, 0.4) is 0 Å². The van der Waals surface area contributed by atoms with Crippen LogP contribution in [-0.4, -0.2) is 11.0 Å². The van der Waals surface area contributed by atoms with Gasteiger partial charge in [0.25, 0.3) is 5.91 Å². The van der Waals surface area contributed by atoms with E-state index in [-0.39, 0.29) is 12.1 Å². The smallest absolute Gasteiger partial charge is 0.268 e. The molecule has 0 bridgehead atoms. The Hall–Kier alpha value is -3.05. The first-order valence-electron chi connectivity index (χ1n) is 8.15. The van der Waals surface area contributed by atoms with Gasteiger partial charge in [0.15, 0.2) is 5.60 Å². The van der Waals surface area contributed by atoms with E-state index in [4.69, 9.17) is 0 Å². The molecule has 0 radical (unpaired) electrons. The normalized spacial score (nSPS) is 18.9. The molecule has 0 aromatic heterocycles. The molecule has 5 heteroatoms. The molecule has 1 amide bonds. The summed E-state index contributed by atoms with van der Waals surface area (Å²) >= 11 is 0. The van der Waals surface area contributed by atoms with Gasteiger partial charge in [0.05, 0.1) is 12.2 Å². The van der Waals surface area contributed by atoms with Gasteiger partial charge in [0.2, 0.25) is 0 Å². The molecule has 130 valence electrons. The molecule has 3 nitrogen and oxygen atoms in total. The molecule has 0 aliphatic carbocycles. The molecule has 26 heavy (non-hydrogen) atoms. The topological polar surface area (TPSA) is 40.5 Å². The fourth-order valence-electron chi connectivity index (χ4n) is 3.38. The van der Waals surface area contributed by atoms with Crippen molar-refractivity contribution in [1.29, 1.82) is 0 Å². The fourth-order valence-corrected chi connectivity index (χ4v) is 3.38. The molecule has 3 aromatic rings. The number of hydrogen-bond acceptors (Lipinski definition) is 2. The average Bonchev–Trinajstić information content (AvgIpc) is 2.87. The highest BCUT2D eigenvalue weighted by molar-refractivity contribution is 6.09. The maximum Gasteiger partial charge on any atom is 0.268 e. The van der Waals surface area contributed by atoms with Crippen molar-refractivity contribution in [2.24, 2.45) is 0 Å². The number of halogens is 2. The van der Waals surface area contributed by atoms with Crippen LogP contribution >= 0.6 is 0 Å². The van der Waals surface area contributed by atoms with Gasteiger partial charge < -0.3 is 10.0 Å². The molecule has 1 aliphatic rings. The summed E-state index contributed by atoms with van der Waals surface area (Å²) in [4.78, 5) is 14.5. The molecule has 0 saturated heterocycles. The van der Waals surface area contributed by atoms with Crippen LogP contribution in [0.25, 0.3) is 0 Å². The minimum atomic E-state index is -2.01. The van der Waals surface area contributed by atoms with E-state index < -0.39 is 23.1 Å². The van der Waals surface area contributed by atoms with Crippen LogP contribution in [0, 0.1) is 11.6 Å². The zero-order chi connectivity index (χ0) is 18.3. The molecule has 1 N–H and O–H groups in total. The summed E-state index contributed by atoms with van der Waals surface area (Å²) in [6, 6.07) is 18.2. The first-order valence-corrected chi connectivity index (χ1v) is 8.15. The van der Waals surface area contributed by atoms with Crippen molar-refractivity contribution < 1.29 is 18.7 Å². The van der Waals surface area contributed by atoms with E-state index in [0.717, 1.165) is 6.07 Å². The molecule has 1 unspecified atom stereocenters. The van der Waals surface area contributed by atoms with Crippen LogP contribution in [0.15, 0.2) is 72.8 Å². The van der Waals surface area contributed by atoms with E-state index in [0.29, 0.717) is 16.8 Å². The quantitative estimate of drug-likeness (QED) is 0.781. The number of anilines is 1. The lowest BCUT2D eigenvalue weighted by Crippen LogP contribution is -2.41. The Bertz CT molecular complexity index is 1000. The number of rotatable bonds is 3. The van der Waals surface area contributed by atoms with Crippen molar-refractivity contribution in [1.82, 2.24) is 0 Å². The number of para-hydroxylation sites is 1. The van der Waals surface area contributed by atoms with Crippen LogP contribution in [0.1, 0.15) is 16.7 Å². The number of fused-ring (bicyclic) bond motifs is 1. The second-order valence-electron chi connectivity index (χ2n) is 6.22. The number of hydrogen-bond donors (Lipinski definition) is 1. The first-order chi connectivity index (χ1) is 12.5. The van der Waals surface area contributed by atoms with Crippen molar-refractivity contribution in [2.45, 2.75) is 12.1 Å². The molecule has 0 saturated carbocycles. The van der Waals surface area contributed by atoms with Gasteiger partial charge >= 0.3 is 0 Å². The van der Waals surface area contributed by atoms with Crippen LogP contribution in [0.4, 0.5) is 14.5 Å². The molecular weight excluding hydrogens is 336 g/mol. The molecule has 0 fully saturated rings. The second-order valence-corrected chi connectivity index (χ2v) is 6.22. The lowest BCUT2D eigenvalue weighted by Gasteiger charge is -2.24. The SMILES string of the molecule is O=C1N(Cc2ccccc2F)c2ccccc2C1(O)c1cccc(F)c1. The van der Waals surface area contributed by atoms with Gasteiger partial charge in [0, 0.05) is 16.7 Å². The van der Waals surface area contributed by atoms with Crippen molar-refractivity contribution >= 4 is 11.6 Å². The van der Waals surface area contributed by atoms with Gasteiger partial charge in [-0.2, -0.15) is 0 Å². The summed E-state index contributed by atoms with van der Waals surface area (Å²) in [5.41, 5.74) is -0.700. The number of carbonyl (C=O) groups is 1. The van der Waals surface area contributed by atoms with Crippen molar-refractivity contribution in [3.8, 4) is 0 Å². The van der Waals surface area contributed by atoms with Gasteiger partial charge in [-0.15, -0.1) is 0 Å². The Morgan fingerprint density at radius 3 is 2.42 bits per heavy atom. The molecule has 0 spiro atoms. The Morgan fingerprint density at radius 2 is 1.65 bits per heavy atom. The number of aliphatic hydroxyl groups is 1. The zero-order valence-electron chi connectivity index (χ0n) is 13.7. The standard InChI is InChI=1S/C21H15F2NO2/c22-16-8-5-7-15(12-16)21(26)17-9-2-4-11-19(17)24(20(21)25)13-14-6-1-3-10-18(14)23/h1-12,26H,13H2. The van der Waals surface area contributed by atoms with E-state index in [1.165, 1.54) is 29.2 Å². The maximum atomic E-state index is 14.1. The molecule has 1 aliphatic heterocycles. The lowest BCUT2D eigenvalue weighted by molar-refractivity contribution is -0.132. The molecule has 1 heterocycles.